The Hall–Kier alpha value is -1.28. The number of hydrogen-bond donors (Lipinski definition) is 0. The minimum atomic E-state index is 0. The Kier molecular flexibility index (Phi) is 4.39. The summed E-state index contributed by atoms with van der Waals surface area (Å²) in [5.41, 5.74) is 6.73. The maximum Gasteiger partial charge on any atom is 0.0585 e. The number of halogens is 1. The molecule has 0 spiro atoms. The molecule has 0 aromatic carbocycles. The van der Waals surface area contributed by atoms with Gasteiger partial charge >= 0.3 is 0 Å². The van der Waals surface area contributed by atoms with E-state index in [0.717, 1.165) is 30.2 Å². The smallest absolute Gasteiger partial charge is 0.0585 e. The van der Waals surface area contributed by atoms with Gasteiger partial charge in [-0.15, -0.1) is 12.4 Å². The highest BCUT2D eigenvalue weighted by atomic mass is 35.5. The quantitative estimate of drug-likeness (QED) is 0.599. The van der Waals surface area contributed by atoms with E-state index in [1.807, 2.05) is 5.57 Å². The molecule has 0 aromatic rings. The van der Waals surface area contributed by atoms with Gasteiger partial charge in [-0.05, 0) is 79.9 Å². The van der Waals surface area contributed by atoms with Crippen LogP contribution in [0.25, 0.3) is 0 Å². The fraction of sp³-hybridized carbons (Fsp3) is 0.625. The van der Waals surface area contributed by atoms with E-state index >= 15 is 0 Å². The zero-order valence-electron chi connectivity index (χ0n) is 16.3. The number of dihydropyridines is 1. The number of nitrogens with zero attached hydrogens (tertiary/aromatic N) is 2. The number of hydrogen-bond acceptors (Lipinski definition) is 2. The van der Waals surface area contributed by atoms with Crippen LogP contribution in [0.5, 0.6) is 0 Å². The molecule has 1 saturated heterocycles. The Morgan fingerprint density at radius 2 is 2.07 bits per heavy atom. The number of aliphatic imine (C=N–C) groups is 1. The molecule has 144 valence electrons. The maximum absolute atomic E-state index is 4.66. The molecular formula is C24H31ClN2. The first-order valence-corrected chi connectivity index (χ1v) is 10.9. The second-order valence-electron chi connectivity index (χ2n) is 9.49. The highest BCUT2D eigenvalue weighted by Crippen LogP contribution is 2.56. The van der Waals surface area contributed by atoms with E-state index in [9.17, 15) is 0 Å². The Labute approximate surface area is 169 Å². The summed E-state index contributed by atoms with van der Waals surface area (Å²) in [6.07, 6.45) is 21.2. The van der Waals surface area contributed by atoms with Gasteiger partial charge in [0.25, 0.3) is 0 Å². The van der Waals surface area contributed by atoms with Crippen molar-refractivity contribution in [2.75, 3.05) is 6.54 Å². The van der Waals surface area contributed by atoms with Crippen molar-refractivity contribution in [2.45, 2.75) is 57.9 Å². The van der Waals surface area contributed by atoms with Gasteiger partial charge in [-0.1, -0.05) is 25.2 Å². The summed E-state index contributed by atoms with van der Waals surface area (Å²) in [5, 5.41) is 0. The SMILES string of the molecule is C[C@@H]1C[C@H]1CC1CCC2C3=C1CC=C1C=CCCC1N3C1=CC=NCC12.Cl. The molecule has 1 saturated carbocycles. The first kappa shape index (κ1) is 17.8. The first-order valence-electron chi connectivity index (χ1n) is 10.9. The molecule has 0 amide bonds. The zero-order chi connectivity index (χ0) is 17.3. The van der Waals surface area contributed by atoms with Crippen LogP contribution in [0.15, 0.2) is 51.8 Å². The molecule has 27 heavy (non-hydrogen) atoms. The minimum Gasteiger partial charge on any atom is -0.341 e. The third kappa shape index (κ3) is 2.70. The van der Waals surface area contributed by atoms with Crippen LogP contribution in [-0.2, 0) is 0 Å². The molecule has 3 aliphatic heterocycles. The average Bonchev–Trinajstić information content (AvgIpc) is 3.31. The van der Waals surface area contributed by atoms with Crippen molar-refractivity contribution in [2.24, 2.45) is 34.6 Å². The van der Waals surface area contributed by atoms with Crippen LogP contribution in [0.1, 0.15) is 51.9 Å². The lowest BCUT2D eigenvalue weighted by Crippen LogP contribution is -2.34. The molecular weight excluding hydrogens is 352 g/mol. The van der Waals surface area contributed by atoms with Gasteiger partial charge in [-0.25, -0.2) is 0 Å². The van der Waals surface area contributed by atoms with E-state index < -0.39 is 0 Å². The van der Waals surface area contributed by atoms with Crippen molar-refractivity contribution < 1.29 is 0 Å². The van der Waals surface area contributed by atoms with Gasteiger partial charge in [-0.3, -0.25) is 4.99 Å². The molecule has 3 heteroatoms. The molecule has 0 aromatic heterocycles. The lowest BCUT2D eigenvalue weighted by atomic mass is 9.73. The van der Waals surface area contributed by atoms with E-state index in [4.69, 9.17) is 0 Å². The Morgan fingerprint density at radius 3 is 2.93 bits per heavy atom. The average molecular weight is 383 g/mol. The van der Waals surface area contributed by atoms with Crippen molar-refractivity contribution in [1.82, 2.24) is 4.90 Å². The Balaban J connectivity index is 0.00000160. The van der Waals surface area contributed by atoms with Gasteiger partial charge < -0.3 is 4.90 Å². The predicted octanol–water partition coefficient (Wildman–Crippen LogP) is 5.68. The van der Waals surface area contributed by atoms with Crippen molar-refractivity contribution in [3.05, 3.63) is 46.8 Å². The van der Waals surface area contributed by atoms with E-state index in [-0.39, 0.29) is 12.4 Å². The maximum atomic E-state index is 4.66. The van der Waals surface area contributed by atoms with Crippen molar-refractivity contribution in [1.29, 1.82) is 0 Å². The number of rotatable bonds is 2. The molecule has 6 rings (SSSR count). The highest BCUT2D eigenvalue weighted by Gasteiger charge is 2.50. The molecule has 2 nitrogen and oxygen atoms in total. The zero-order valence-corrected chi connectivity index (χ0v) is 17.1. The third-order valence-corrected chi connectivity index (χ3v) is 8.09. The molecule has 6 aliphatic rings. The predicted molar refractivity (Wildman–Crippen MR) is 114 cm³/mol. The fourth-order valence-electron chi connectivity index (χ4n) is 6.55. The summed E-state index contributed by atoms with van der Waals surface area (Å²) in [6, 6.07) is 0.580. The monoisotopic (exact) mass is 382 g/mol. The van der Waals surface area contributed by atoms with E-state index in [1.165, 1.54) is 44.9 Å². The van der Waals surface area contributed by atoms with Crippen molar-refractivity contribution in [3.8, 4) is 0 Å². The second-order valence-corrected chi connectivity index (χ2v) is 9.49. The summed E-state index contributed by atoms with van der Waals surface area (Å²) in [7, 11) is 0. The van der Waals surface area contributed by atoms with Crippen molar-refractivity contribution in [3.63, 3.8) is 0 Å². The van der Waals surface area contributed by atoms with Gasteiger partial charge in [-0.2, -0.15) is 0 Å². The van der Waals surface area contributed by atoms with Crippen molar-refractivity contribution >= 4 is 18.6 Å². The highest BCUT2D eigenvalue weighted by molar-refractivity contribution is 5.85. The number of allylic oxidation sites excluding steroid dienone is 5. The molecule has 4 unspecified atom stereocenters. The molecule has 2 fully saturated rings. The topological polar surface area (TPSA) is 15.6 Å². The Bertz CT molecular complexity index is 786. The van der Waals surface area contributed by atoms with Gasteiger partial charge in [0.15, 0.2) is 0 Å². The standard InChI is InChI=1S/C24H30N2.ClH/c1-15-12-18(15)13-17-7-9-20-21-14-25-11-10-23(21)26-22-5-3-2-4-16(22)6-8-19(17)24(20)26;/h2,4,6,10-11,15,17-18,20-22H,3,5,7-9,12-14H2,1H3;1H/t15-,17?,18+,20?,21?,22?;/m1./s1. The van der Waals surface area contributed by atoms with Crippen LogP contribution in [-0.4, -0.2) is 23.7 Å². The molecule has 0 radical (unpaired) electrons. The summed E-state index contributed by atoms with van der Waals surface area (Å²) in [6.45, 7) is 3.46. The number of fused-ring (bicyclic) bond motifs is 5. The molecule has 3 aliphatic carbocycles. The molecule has 0 bridgehead atoms. The summed E-state index contributed by atoms with van der Waals surface area (Å²) < 4.78 is 0. The molecule has 3 heterocycles. The summed E-state index contributed by atoms with van der Waals surface area (Å²) >= 11 is 0. The van der Waals surface area contributed by atoms with E-state index in [1.54, 1.807) is 17.0 Å². The molecule has 0 N–H and O–H groups in total. The van der Waals surface area contributed by atoms with Gasteiger partial charge in [0.05, 0.1) is 6.04 Å². The lowest BCUT2D eigenvalue weighted by Gasteiger charge is -2.38. The van der Waals surface area contributed by atoms with Crippen LogP contribution >= 0.6 is 12.4 Å². The van der Waals surface area contributed by atoms with Crippen LogP contribution in [0.3, 0.4) is 0 Å². The van der Waals surface area contributed by atoms with E-state index in [0.29, 0.717) is 12.0 Å². The normalized spacial score (nSPS) is 41.0. The second kappa shape index (κ2) is 6.65. The van der Waals surface area contributed by atoms with Crippen LogP contribution < -0.4 is 0 Å². The molecule has 6 atom stereocenters. The van der Waals surface area contributed by atoms with Crippen LogP contribution in [0.4, 0.5) is 0 Å². The fourth-order valence-corrected chi connectivity index (χ4v) is 6.55. The third-order valence-electron chi connectivity index (χ3n) is 8.09. The van der Waals surface area contributed by atoms with Gasteiger partial charge in [0.2, 0.25) is 0 Å². The van der Waals surface area contributed by atoms with Crippen LogP contribution in [0.2, 0.25) is 0 Å². The lowest BCUT2D eigenvalue weighted by molar-refractivity contribution is 0.308. The minimum absolute atomic E-state index is 0. The summed E-state index contributed by atoms with van der Waals surface area (Å²) in [5.74, 6) is 4.20. The largest absolute Gasteiger partial charge is 0.341 e. The van der Waals surface area contributed by atoms with Gasteiger partial charge in [0, 0.05) is 36.0 Å². The summed E-state index contributed by atoms with van der Waals surface area (Å²) in [4.78, 5) is 7.48. The van der Waals surface area contributed by atoms with Gasteiger partial charge in [0.1, 0.15) is 0 Å². The van der Waals surface area contributed by atoms with E-state index in [2.05, 4.69) is 47.3 Å². The first-order chi connectivity index (χ1) is 12.8. The van der Waals surface area contributed by atoms with Crippen LogP contribution in [0, 0.1) is 29.6 Å². The Morgan fingerprint density at radius 1 is 1.19 bits per heavy atom.